The summed E-state index contributed by atoms with van der Waals surface area (Å²) in [5.74, 6) is -3.55. The van der Waals surface area contributed by atoms with Crippen molar-refractivity contribution >= 4 is 29.0 Å². The van der Waals surface area contributed by atoms with E-state index in [1.54, 1.807) is 0 Å². The largest absolute Gasteiger partial charge is 0.436 e. The van der Waals surface area contributed by atoms with Crippen molar-refractivity contribution < 1.29 is 27.5 Å². The highest BCUT2D eigenvalue weighted by molar-refractivity contribution is 5.94. The normalized spacial score (nSPS) is 13.7. The fraction of sp³-hybridized carbons (Fsp3) is 0.217. The van der Waals surface area contributed by atoms with Crippen molar-refractivity contribution in [3.05, 3.63) is 66.2 Å². The van der Waals surface area contributed by atoms with Crippen molar-refractivity contribution in [3.63, 3.8) is 0 Å². The summed E-state index contributed by atoms with van der Waals surface area (Å²) in [5.41, 5.74) is 5.03. The van der Waals surface area contributed by atoms with E-state index in [0.29, 0.717) is 18.5 Å². The number of hydrogen-bond donors (Lipinski definition) is 3. The van der Waals surface area contributed by atoms with Crippen molar-refractivity contribution in [3.8, 4) is 11.6 Å². The smallest absolute Gasteiger partial charge is 0.225 e. The van der Waals surface area contributed by atoms with Gasteiger partial charge in [-0.3, -0.25) is 9.59 Å². The summed E-state index contributed by atoms with van der Waals surface area (Å²) in [6, 6.07) is 8.15. The third-order valence-electron chi connectivity index (χ3n) is 5.33. The molecule has 0 spiro atoms. The number of nitrogens with one attached hydrogen (secondary N) is 2. The SMILES string of the molecule is Nc1cc(Oc2cc(F)c(NC(=O)CC3(CC(=O)Nc4ccc(F)cc4)CC3)cc2F)ncn1. The van der Waals surface area contributed by atoms with Crippen LogP contribution >= 0.6 is 0 Å². The van der Waals surface area contributed by atoms with Gasteiger partial charge >= 0.3 is 0 Å². The minimum absolute atomic E-state index is 0.0383. The first-order valence-electron chi connectivity index (χ1n) is 10.3. The molecule has 1 aromatic heterocycles. The van der Waals surface area contributed by atoms with Gasteiger partial charge in [0, 0.05) is 36.7 Å². The summed E-state index contributed by atoms with van der Waals surface area (Å²) in [6.07, 6.45) is 2.43. The van der Waals surface area contributed by atoms with Crippen LogP contribution in [0.5, 0.6) is 11.6 Å². The number of nitrogen functional groups attached to an aromatic ring is 1. The van der Waals surface area contributed by atoms with E-state index in [4.69, 9.17) is 10.5 Å². The second-order valence-corrected chi connectivity index (χ2v) is 8.10. The van der Waals surface area contributed by atoms with E-state index in [0.717, 1.165) is 18.5 Å². The fourth-order valence-electron chi connectivity index (χ4n) is 3.43. The molecule has 1 saturated carbocycles. The van der Waals surface area contributed by atoms with Crippen LogP contribution in [0.25, 0.3) is 0 Å². The molecule has 1 heterocycles. The van der Waals surface area contributed by atoms with Crippen LogP contribution in [0, 0.1) is 22.9 Å². The minimum atomic E-state index is -0.923. The monoisotopic (exact) mass is 471 g/mol. The van der Waals surface area contributed by atoms with E-state index in [1.807, 2.05) is 0 Å². The molecule has 0 unspecified atom stereocenters. The number of anilines is 3. The number of aromatic nitrogens is 2. The Bertz CT molecular complexity index is 1230. The molecule has 4 rings (SSSR count). The Morgan fingerprint density at radius 1 is 0.941 bits per heavy atom. The molecule has 0 radical (unpaired) electrons. The molecule has 0 atom stereocenters. The Kier molecular flexibility index (Phi) is 6.35. The quantitative estimate of drug-likeness (QED) is 0.448. The summed E-state index contributed by atoms with van der Waals surface area (Å²) < 4.78 is 47.1. The van der Waals surface area contributed by atoms with E-state index in [1.165, 1.54) is 30.3 Å². The van der Waals surface area contributed by atoms with Crippen molar-refractivity contribution in [1.29, 1.82) is 0 Å². The molecule has 34 heavy (non-hydrogen) atoms. The predicted molar refractivity (Wildman–Crippen MR) is 117 cm³/mol. The summed E-state index contributed by atoms with van der Waals surface area (Å²) >= 11 is 0. The molecule has 1 aliphatic carbocycles. The van der Waals surface area contributed by atoms with Gasteiger partial charge in [0.05, 0.1) is 5.69 Å². The van der Waals surface area contributed by atoms with Crippen LogP contribution in [-0.2, 0) is 9.59 Å². The third kappa shape index (κ3) is 5.80. The number of nitrogens with zero attached hydrogens (tertiary/aromatic N) is 2. The molecule has 2 aromatic carbocycles. The maximum atomic E-state index is 14.5. The lowest BCUT2D eigenvalue weighted by Crippen LogP contribution is -2.23. The van der Waals surface area contributed by atoms with Gasteiger partial charge in [0.2, 0.25) is 17.7 Å². The van der Waals surface area contributed by atoms with E-state index in [9.17, 15) is 22.8 Å². The molecule has 3 aromatic rings. The summed E-state index contributed by atoms with van der Waals surface area (Å²) in [6.45, 7) is 0. The van der Waals surface area contributed by atoms with Gasteiger partial charge in [-0.25, -0.2) is 23.1 Å². The lowest BCUT2D eigenvalue weighted by molar-refractivity contribution is -0.119. The van der Waals surface area contributed by atoms with Crippen LogP contribution in [0.3, 0.4) is 0 Å². The van der Waals surface area contributed by atoms with Gasteiger partial charge in [-0.1, -0.05) is 0 Å². The number of ether oxygens (including phenoxy) is 1. The van der Waals surface area contributed by atoms with Crippen molar-refractivity contribution in [2.24, 2.45) is 5.41 Å². The van der Waals surface area contributed by atoms with Gasteiger partial charge in [0.15, 0.2) is 17.4 Å². The van der Waals surface area contributed by atoms with Crippen molar-refractivity contribution in [2.45, 2.75) is 25.7 Å². The Morgan fingerprint density at radius 2 is 1.62 bits per heavy atom. The molecular weight excluding hydrogens is 451 g/mol. The number of carbonyl (C=O) groups excluding carboxylic acids is 2. The summed E-state index contributed by atoms with van der Waals surface area (Å²) in [5, 5.41) is 5.00. The van der Waals surface area contributed by atoms with Crippen LogP contribution in [0.2, 0.25) is 0 Å². The van der Waals surface area contributed by atoms with Crippen LogP contribution in [0.15, 0.2) is 48.8 Å². The summed E-state index contributed by atoms with van der Waals surface area (Å²) in [7, 11) is 0. The van der Waals surface area contributed by atoms with E-state index >= 15 is 0 Å². The maximum Gasteiger partial charge on any atom is 0.225 e. The highest BCUT2D eigenvalue weighted by atomic mass is 19.1. The van der Waals surface area contributed by atoms with Gasteiger partial charge in [0.1, 0.15) is 18.0 Å². The van der Waals surface area contributed by atoms with Crippen LogP contribution < -0.4 is 21.1 Å². The van der Waals surface area contributed by atoms with Gasteiger partial charge in [0.25, 0.3) is 0 Å². The first kappa shape index (κ1) is 23.0. The van der Waals surface area contributed by atoms with E-state index in [-0.39, 0.29) is 36.1 Å². The Hall–Kier alpha value is -4.15. The second kappa shape index (κ2) is 9.38. The summed E-state index contributed by atoms with van der Waals surface area (Å²) in [4.78, 5) is 32.2. The van der Waals surface area contributed by atoms with Crippen molar-refractivity contribution in [1.82, 2.24) is 9.97 Å². The van der Waals surface area contributed by atoms with Gasteiger partial charge in [-0.05, 0) is 42.5 Å². The topological polar surface area (TPSA) is 119 Å². The van der Waals surface area contributed by atoms with Gasteiger partial charge in [-0.2, -0.15) is 0 Å². The highest BCUT2D eigenvalue weighted by Gasteiger charge is 2.45. The third-order valence-corrected chi connectivity index (χ3v) is 5.33. The van der Waals surface area contributed by atoms with Gasteiger partial charge in [-0.15, -0.1) is 0 Å². The number of amides is 2. The number of rotatable bonds is 8. The molecule has 0 bridgehead atoms. The second-order valence-electron chi connectivity index (χ2n) is 8.10. The lowest BCUT2D eigenvalue weighted by atomic mass is 9.97. The number of halogens is 3. The minimum Gasteiger partial charge on any atom is -0.436 e. The first-order valence-corrected chi connectivity index (χ1v) is 10.3. The van der Waals surface area contributed by atoms with Gasteiger partial charge < -0.3 is 21.1 Å². The average Bonchev–Trinajstić information content (AvgIpc) is 3.51. The zero-order valence-electron chi connectivity index (χ0n) is 17.8. The zero-order chi connectivity index (χ0) is 24.3. The first-order chi connectivity index (χ1) is 16.2. The van der Waals surface area contributed by atoms with Crippen molar-refractivity contribution in [2.75, 3.05) is 16.4 Å². The molecule has 4 N–H and O–H groups in total. The van der Waals surface area contributed by atoms with Crippen LogP contribution in [-0.4, -0.2) is 21.8 Å². The highest BCUT2D eigenvalue weighted by Crippen LogP contribution is 2.52. The number of hydrogen-bond acceptors (Lipinski definition) is 6. The molecular formula is C23H20F3N5O3. The molecule has 11 heteroatoms. The molecule has 2 amide bonds. The van der Waals surface area contributed by atoms with Crippen LogP contribution in [0.4, 0.5) is 30.4 Å². The maximum absolute atomic E-state index is 14.5. The van der Waals surface area contributed by atoms with E-state index in [2.05, 4.69) is 20.6 Å². The standard InChI is InChI=1S/C23H20F3N5O3/c24-13-1-3-14(4-2-13)30-20(32)10-23(5-6-23)11-21(33)31-17-7-16(26)18(8-15(17)25)34-22-9-19(27)28-12-29-22/h1-4,7-9,12H,5-6,10-11H2,(H,30,32)(H,31,33)(H2,27,28,29). The Labute approximate surface area is 192 Å². The predicted octanol–water partition coefficient (Wildman–Crippen LogP) is 4.41. The Morgan fingerprint density at radius 3 is 2.26 bits per heavy atom. The lowest BCUT2D eigenvalue weighted by Gasteiger charge is -2.15. The molecule has 0 saturated heterocycles. The van der Waals surface area contributed by atoms with Crippen LogP contribution in [0.1, 0.15) is 25.7 Å². The number of nitrogens with two attached hydrogens (primary N) is 1. The molecule has 8 nitrogen and oxygen atoms in total. The molecule has 0 aliphatic heterocycles. The molecule has 1 aliphatic rings. The Balaban J connectivity index is 1.35. The number of carbonyl (C=O) groups is 2. The zero-order valence-corrected chi connectivity index (χ0v) is 17.8. The fourth-order valence-corrected chi connectivity index (χ4v) is 3.43. The van der Waals surface area contributed by atoms with E-state index < -0.39 is 34.5 Å². The average molecular weight is 471 g/mol. The number of benzene rings is 2. The molecule has 176 valence electrons. The molecule has 1 fully saturated rings.